The van der Waals surface area contributed by atoms with Crippen molar-refractivity contribution in [3.63, 3.8) is 0 Å². The highest BCUT2D eigenvalue weighted by Crippen LogP contribution is 2.38. The van der Waals surface area contributed by atoms with Crippen molar-refractivity contribution >= 4 is 10.0 Å². The van der Waals surface area contributed by atoms with E-state index in [-0.39, 0.29) is 18.2 Å². The van der Waals surface area contributed by atoms with Crippen LogP contribution in [0.3, 0.4) is 0 Å². The minimum absolute atomic E-state index is 0.136. The van der Waals surface area contributed by atoms with Crippen LogP contribution in [-0.4, -0.2) is 8.42 Å². The number of rotatable bonds is 6. The maximum Gasteiger partial charge on any atom is 0.416 e. The Labute approximate surface area is 186 Å². The molecule has 0 spiro atoms. The number of benzene rings is 3. The van der Waals surface area contributed by atoms with E-state index < -0.39 is 50.5 Å². The molecular weight excluding hydrogens is 470 g/mol. The van der Waals surface area contributed by atoms with Crippen molar-refractivity contribution in [2.45, 2.75) is 29.3 Å². The summed E-state index contributed by atoms with van der Waals surface area (Å²) in [6.45, 7) is 0. The van der Waals surface area contributed by atoms with Gasteiger partial charge in [0.05, 0.1) is 28.1 Å². The Kier molecular flexibility index (Phi) is 6.87. The Morgan fingerprint density at radius 2 is 1.12 bits per heavy atom. The maximum atomic E-state index is 13.2. The van der Waals surface area contributed by atoms with Crippen LogP contribution in [0.2, 0.25) is 0 Å². The molecular formula is C22H18F6N2O2S. The third kappa shape index (κ3) is 5.92. The first-order chi connectivity index (χ1) is 15.3. The van der Waals surface area contributed by atoms with Crippen molar-refractivity contribution in [1.29, 1.82) is 0 Å². The highest BCUT2D eigenvalue weighted by atomic mass is 32.2. The van der Waals surface area contributed by atoms with E-state index in [1.165, 1.54) is 0 Å². The van der Waals surface area contributed by atoms with Crippen molar-refractivity contribution < 1.29 is 34.8 Å². The van der Waals surface area contributed by atoms with E-state index in [0.717, 1.165) is 0 Å². The summed E-state index contributed by atoms with van der Waals surface area (Å²) >= 11 is 0. The van der Waals surface area contributed by atoms with Gasteiger partial charge in [0.2, 0.25) is 10.0 Å². The number of hydrogen-bond donors (Lipinski definition) is 2. The third-order valence-electron chi connectivity index (χ3n) is 4.86. The first kappa shape index (κ1) is 24.7. The van der Waals surface area contributed by atoms with Gasteiger partial charge in [-0.1, -0.05) is 60.7 Å². The highest BCUT2D eigenvalue weighted by Gasteiger charge is 2.39. The van der Waals surface area contributed by atoms with Crippen LogP contribution >= 0.6 is 0 Å². The van der Waals surface area contributed by atoms with E-state index in [4.69, 9.17) is 5.73 Å². The summed E-state index contributed by atoms with van der Waals surface area (Å²) in [7, 11) is -4.86. The van der Waals surface area contributed by atoms with E-state index >= 15 is 0 Å². The van der Waals surface area contributed by atoms with Crippen LogP contribution < -0.4 is 10.5 Å². The molecule has 2 atom stereocenters. The average molecular weight is 488 g/mol. The van der Waals surface area contributed by atoms with Crippen molar-refractivity contribution in [2.75, 3.05) is 0 Å². The molecule has 3 rings (SSSR count). The van der Waals surface area contributed by atoms with Crippen LogP contribution in [0.5, 0.6) is 0 Å². The van der Waals surface area contributed by atoms with E-state index in [1.54, 1.807) is 60.7 Å². The number of nitrogens with two attached hydrogens (primary N) is 1. The number of halogens is 6. The number of sulfonamides is 1. The van der Waals surface area contributed by atoms with Crippen LogP contribution in [0.25, 0.3) is 0 Å². The van der Waals surface area contributed by atoms with Gasteiger partial charge in [-0.2, -0.15) is 26.3 Å². The SMILES string of the molecule is N[C@@H](c1ccccc1)[C@@H](NS(=O)(=O)c1cc(C(F)(F)F)cc(C(F)(F)F)c1)c1ccccc1. The van der Waals surface area contributed by atoms with Crippen molar-refractivity contribution in [3.8, 4) is 0 Å². The summed E-state index contributed by atoms with van der Waals surface area (Å²) in [6.07, 6.45) is -10.4. The second-order valence-electron chi connectivity index (χ2n) is 7.19. The zero-order valence-electron chi connectivity index (χ0n) is 16.7. The van der Waals surface area contributed by atoms with Gasteiger partial charge >= 0.3 is 12.4 Å². The normalized spacial score (nSPS) is 14.6. The number of hydrogen-bond acceptors (Lipinski definition) is 3. The monoisotopic (exact) mass is 488 g/mol. The van der Waals surface area contributed by atoms with Gasteiger partial charge in [0.25, 0.3) is 0 Å². The molecule has 0 aliphatic heterocycles. The molecule has 33 heavy (non-hydrogen) atoms. The van der Waals surface area contributed by atoms with Gasteiger partial charge < -0.3 is 5.73 Å². The summed E-state index contributed by atoms with van der Waals surface area (Å²) in [6, 6.07) is 14.2. The highest BCUT2D eigenvalue weighted by molar-refractivity contribution is 7.89. The summed E-state index contributed by atoms with van der Waals surface area (Å²) in [5.74, 6) is 0. The largest absolute Gasteiger partial charge is 0.416 e. The molecule has 3 aromatic rings. The van der Waals surface area contributed by atoms with Crippen molar-refractivity contribution in [3.05, 3.63) is 101 Å². The van der Waals surface area contributed by atoms with Gasteiger partial charge in [0.15, 0.2) is 0 Å². The fourth-order valence-electron chi connectivity index (χ4n) is 3.19. The molecule has 0 unspecified atom stereocenters. The van der Waals surface area contributed by atoms with Gasteiger partial charge in [-0.25, -0.2) is 13.1 Å². The minimum atomic E-state index is -5.19. The lowest BCUT2D eigenvalue weighted by atomic mass is 9.95. The van der Waals surface area contributed by atoms with Crippen LogP contribution in [0.15, 0.2) is 83.8 Å². The lowest BCUT2D eigenvalue weighted by Gasteiger charge is -2.26. The van der Waals surface area contributed by atoms with Crippen LogP contribution in [-0.2, 0) is 22.4 Å². The number of alkyl halides is 6. The van der Waals surface area contributed by atoms with Gasteiger partial charge in [-0.15, -0.1) is 0 Å². The topological polar surface area (TPSA) is 72.2 Å². The summed E-state index contributed by atoms with van der Waals surface area (Å²) in [5.41, 5.74) is 3.68. The summed E-state index contributed by atoms with van der Waals surface area (Å²) in [4.78, 5) is -1.18. The lowest BCUT2D eigenvalue weighted by molar-refractivity contribution is -0.143. The average Bonchev–Trinajstić information content (AvgIpc) is 2.77. The fourth-order valence-corrected chi connectivity index (χ4v) is 4.51. The lowest BCUT2D eigenvalue weighted by Crippen LogP contribution is -2.36. The number of nitrogens with one attached hydrogen (secondary N) is 1. The first-order valence-electron chi connectivity index (χ1n) is 9.46. The van der Waals surface area contributed by atoms with E-state index in [0.29, 0.717) is 11.1 Å². The Bertz CT molecular complexity index is 1160. The Morgan fingerprint density at radius 3 is 1.55 bits per heavy atom. The second-order valence-corrected chi connectivity index (χ2v) is 8.90. The zero-order valence-corrected chi connectivity index (χ0v) is 17.5. The molecule has 0 radical (unpaired) electrons. The van der Waals surface area contributed by atoms with Gasteiger partial charge in [-0.3, -0.25) is 0 Å². The van der Waals surface area contributed by atoms with Crippen LogP contribution in [0.1, 0.15) is 34.3 Å². The molecule has 11 heteroatoms. The molecule has 0 aliphatic carbocycles. The molecule has 176 valence electrons. The molecule has 0 heterocycles. The molecule has 4 nitrogen and oxygen atoms in total. The fraction of sp³-hybridized carbons (Fsp3) is 0.182. The Hall–Kier alpha value is -2.89. The van der Waals surface area contributed by atoms with Gasteiger partial charge in [-0.05, 0) is 29.3 Å². The molecule has 3 aromatic carbocycles. The molecule has 0 fully saturated rings. The maximum absolute atomic E-state index is 13.2. The second kappa shape index (κ2) is 9.16. The van der Waals surface area contributed by atoms with Gasteiger partial charge in [0.1, 0.15) is 0 Å². The van der Waals surface area contributed by atoms with Crippen LogP contribution in [0.4, 0.5) is 26.3 Å². The Morgan fingerprint density at radius 1 is 0.697 bits per heavy atom. The quantitative estimate of drug-likeness (QED) is 0.454. The van der Waals surface area contributed by atoms with Crippen LogP contribution in [0, 0.1) is 0 Å². The third-order valence-corrected chi connectivity index (χ3v) is 6.28. The molecule has 0 saturated heterocycles. The van der Waals surface area contributed by atoms with E-state index in [2.05, 4.69) is 4.72 Å². The van der Waals surface area contributed by atoms with E-state index in [1.807, 2.05) is 0 Å². The molecule has 0 aromatic heterocycles. The molecule has 0 bridgehead atoms. The smallest absolute Gasteiger partial charge is 0.322 e. The predicted molar refractivity (Wildman–Crippen MR) is 109 cm³/mol. The predicted octanol–water partition coefficient (Wildman–Crippen LogP) is 5.44. The summed E-state index contributed by atoms with van der Waals surface area (Å²) < 4.78 is 107. The standard InChI is InChI=1S/C22H18F6N2O2S/c23-21(24,25)16-11-17(22(26,27)28)13-18(12-16)33(31,32)30-20(15-9-5-2-6-10-15)19(29)14-7-3-1-4-8-14/h1-13,19-20,30H,29H2/t19-,20-/m0/s1. The molecule has 0 amide bonds. The summed E-state index contributed by atoms with van der Waals surface area (Å²) in [5, 5.41) is 0. The Balaban J connectivity index is 2.10. The van der Waals surface area contributed by atoms with Gasteiger partial charge in [0, 0.05) is 0 Å². The molecule has 0 aliphatic rings. The van der Waals surface area contributed by atoms with E-state index in [9.17, 15) is 34.8 Å². The van der Waals surface area contributed by atoms with Crippen molar-refractivity contribution in [1.82, 2.24) is 4.72 Å². The first-order valence-corrected chi connectivity index (χ1v) is 10.9. The van der Waals surface area contributed by atoms with Crippen molar-refractivity contribution in [2.24, 2.45) is 5.73 Å². The minimum Gasteiger partial charge on any atom is -0.322 e. The molecule has 0 saturated carbocycles. The zero-order chi connectivity index (χ0) is 24.4. The molecule has 3 N–H and O–H groups in total.